The van der Waals surface area contributed by atoms with Gasteiger partial charge in [-0.1, -0.05) is 52.3 Å². The monoisotopic (exact) mass is 265 g/mol. The lowest BCUT2D eigenvalue weighted by molar-refractivity contribution is 1.00. The van der Waals surface area contributed by atoms with Gasteiger partial charge in [0.15, 0.2) is 0 Å². The van der Waals surface area contributed by atoms with Crippen LogP contribution in [0.25, 0.3) is 0 Å². The van der Waals surface area contributed by atoms with Gasteiger partial charge in [-0.3, -0.25) is 4.99 Å². The van der Waals surface area contributed by atoms with E-state index in [2.05, 4.69) is 46.1 Å². The molecule has 0 aliphatic carbocycles. The Hall–Kier alpha value is -0.890. The Morgan fingerprint density at radius 3 is 2.53 bits per heavy atom. The maximum absolute atomic E-state index is 4.52. The first-order valence-corrected chi connectivity index (χ1v) is 5.88. The van der Waals surface area contributed by atoms with Crippen LogP contribution in [-0.2, 0) is 0 Å². The van der Waals surface area contributed by atoms with Crippen molar-refractivity contribution in [3.05, 3.63) is 46.5 Å². The van der Waals surface area contributed by atoms with Crippen LogP contribution in [0, 0.1) is 0 Å². The van der Waals surface area contributed by atoms with Crippen molar-refractivity contribution in [3.63, 3.8) is 0 Å². The first kappa shape index (κ1) is 12.2. The van der Waals surface area contributed by atoms with Gasteiger partial charge in [0.05, 0.1) is 0 Å². The zero-order valence-corrected chi connectivity index (χ0v) is 10.8. The van der Waals surface area contributed by atoms with Crippen molar-refractivity contribution >= 4 is 21.6 Å². The number of hydrogen-bond acceptors (Lipinski definition) is 1. The van der Waals surface area contributed by atoms with Crippen LogP contribution in [0.2, 0.25) is 0 Å². The molecule has 1 aromatic rings. The van der Waals surface area contributed by atoms with E-state index in [4.69, 9.17) is 0 Å². The van der Waals surface area contributed by atoms with Crippen LogP contribution in [-0.4, -0.2) is 12.3 Å². The van der Waals surface area contributed by atoms with E-state index >= 15 is 0 Å². The third-order valence-electron chi connectivity index (χ3n) is 2.10. The molecule has 80 valence electrons. The fourth-order valence-electron chi connectivity index (χ4n) is 1.27. The number of allylic oxidation sites excluding steroid dienone is 1. The molecule has 0 atom stereocenters. The zero-order valence-electron chi connectivity index (χ0n) is 9.20. The second-order valence-corrected chi connectivity index (χ2v) is 4.66. The molecule has 1 nitrogen and oxygen atoms in total. The summed E-state index contributed by atoms with van der Waals surface area (Å²) in [6, 6.07) is 10.3. The largest absolute Gasteiger partial charge is 0.289 e. The minimum atomic E-state index is 0.851. The Balaban J connectivity index is 2.51. The van der Waals surface area contributed by atoms with E-state index in [0.717, 1.165) is 18.7 Å². The van der Waals surface area contributed by atoms with Gasteiger partial charge in [-0.2, -0.15) is 0 Å². The first-order valence-electron chi connectivity index (χ1n) is 5.09. The van der Waals surface area contributed by atoms with E-state index < -0.39 is 0 Å². The van der Waals surface area contributed by atoms with Crippen LogP contribution in [0.15, 0.2) is 45.9 Å². The standard InChI is InChI=1S/C13H16BrN/c1-11(14)7-6-10-15-12(2)13-8-4-3-5-9-13/h3-5,7-9H,6,10H2,1-2H3/b11-7+,15-12?. The Bertz CT molecular complexity index is 348. The number of benzene rings is 1. The molecule has 0 heterocycles. The average Bonchev–Trinajstić information content (AvgIpc) is 2.25. The van der Waals surface area contributed by atoms with Gasteiger partial charge in [0.2, 0.25) is 0 Å². The van der Waals surface area contributed by atoms with Crippen LogP contribution >= 0.6 is 15.9 Å². The summed E-state index contributed by atoms with van der Waals surface area (Å²) in [7, 11) is 0. The maximum Gasteiger partial charge on any atom is 0.0427 e. The molecule has 0 aromatic heterocycles. The molecule has 0 N–H and O–H groups in total. The lowest BCUT2D eigenvalue weighted by Crippen LogP contribution is -1.95. The predicted octanol–water partition coefficient (Wildman–Crippen LogP) is 4.18. The van der Waals surface area contributed by atoms with Crippen LogP contribution < -0.4 is 0 Å². The Morgan fingerprint density at radius 1 is 1.27 bits per heavy atom. The molecule has 2 heteroatoms. The summed E-state index contributed by atoms with van der Waals surface area (Å²) in [5, 5.41) is 0. The van der Waals surface area contributed by atoms with Gasteiger partial charge in [-0.05, 0) is 30.3 Å². The lowest BCUT2D eigenvalue weighted by atomic mass is 10.1. The van der Waals surface area contributed by atoms with Crippen LogP contribution in [0.5, 0.6) is 0 Å². The number of aliphatic imine (C=N–C) groups is 1. The number of hydrogen-bond donors (Lipinski definition) is 0. The number of rotatable bonds is 4. The van der Waals surface area contributed by atoms with E-state index in [1.807, 2.05) is 25.1 Å². The van der Waals surface area contributed by atoms with E-state index in [1.54, 1.807) is 0 Å². The summed E-state index contributed by atoms with van der Waals surface area (Å²) in [6.07, 6.45) is 3.13. The second-order valence-electron chi connectivity index (χ2n) is 3.41. The van der Waals surface area contributed by atoms with E-state index in [9.17, 15) is 0 Å². The molecule has 0 saturated carbocycles. The van der Waals surface area contributed by atoms with Crippen LogP contribution in [0.1, 0.15) is 25.8 Å². The SMILES string of the molecule is CC(=NCC/C=C(\C)Br)c1ccccc1. The Morgan fingerprint density at radius 2 is 1.93 bits per heavy atom. The fourth-order valence-corrected chi connectivity index (χ4v) is 1.50. The van der Waals surface area contributed by atoms with Gasteiger partial charge in [-0.15, -0.1) is 0 Å². The van der Waals surface area contributed by atoms with E-state index in [-0.39, 0.29) is 0 Å². The quantitative estimate of drug-likeness (QED) is 0.572. The van der Waals surface area contributed by atoms with Crippen molar-refractivity contribution in [3.8, 4) is 0 Å². The van der Waals surface area contributed by atoms with Gasteiger partial charge in [-0.25, -0.2) is 0 Å². The third-order valence-corrected chi connectivity index (χ3v) is 2.42. The van der Waals surface area contributed by atoms with Crippen LogP contribution in [0.4, 0.5) is 0 Å². The summed E-state index contributed by atoms with van der Waals surface area (Å²) in [6.45, 7) is 4.94. The molecule has 1 rings (SSSR count). The van der Waals surface area contributed by atoms with E-state index in [0.29, 0.717) is 0 Å². The number of nitrogens with zero attached hydrogens (tertiary/aromatic N) is 1. The normalized spacial score (nSPS) is 13.0. The summed E-state index contributed by atoms with van der Waals surface area (Å²) < 4.78 is 1.18. The Kier molecular flexibility index (Phi) is 5.33. The van der Waals surface area contributed by atoms with E-state index in [1.165, 1.54) is 10.0 Å². The topological polar surface area (TPSA) is 12.4 Å². The van der Waals surface area contributed by atoms with Crippen molar-refractivity contribution < 1.29 is 0 Å². The number of halogens is 1. The van der Waals surface area contributed by atoms with Gasteiger partial charge in [0, 0.05) is 12.3 Å². The average molecular weight is 266 g/mol. The third kappa shape index (κ3) is 4.93. The molecule has 0 unspecified atom stereocenters. The Labute approximate surface area is 100 Å². The van der Waals surface area contributed by atoms with Gasteiger partial charge >= 0.3 is 0 Å². The second kappa shape index (κ2) is 6.57. The maximum atomic E-state index is 4.52. The van der Waals surface area contributed by atoms with Crippen molar-refractivity contribution in [2.24, 2.45) is 4.99 Å². The summed E-state index contributed by atoms with van der Waals surface area (Å²) >= 11 is 3.40. The zero-order chi connectivity index (χ0) is 11.1. The summed E-state index contributed by atoms with van der Waals surface area (Å²) in [5.74, 6) is 0. The minimum Gasteiger partial charge on any atom is -0.289 e. The molecule has 0 aliphatic rings. The minimum absolute atomic E-state index is 0.851. The molecule has 0 bridgehead atoms. The molecule has 0 saturated heterocycles. The first-order chi connectivity index (χ1) is 7.20. The molecule has 15 heavy (non-hydrogen) atoms. The van der Waals surface area contributed by atoms with Gasteiger partial charge < -0.3 is 0 Å². The summed E-state index contributed by atoms with van der Waals surface area (Å²) in [5.41, 5.74) is 2.31. The molecule has 1 aromatic carbocycles. The highest BCUT2D eigenvalue weighted by molar-refractivity contribution is 9.11. The molecule has 0 aliphatic heterocycles. The highest BCUT2D eigenvalue weighted by Gasteiger charge is 1.93. The molecule has 0 amide bonds. The van der Waals surface area contributed by atoms with Crippen molar-refractivity contribution in [1.82, 2.24) is 0 Å². The van der Waals surface area contributed by atoms with Crippen LogP contribution in [0.3, 0.4) is 0 Å². The molecular formula is C13H16BrN. The fraction of sp³-hybridized carbons (Fsp3) is 0.308. The highest BCUT2D eigenvalue weighted by atomic mass is 79.9. The smallest absolute Gasteiger partial charge is 0.0427 e. The van der Waals surface area contributed by atoms with Crippen molar-refractivity contribution in [1.29, 1.82) is 0 Å². The van der Waals surface area contributed by atoms with Crippen molar-refractivity contribution in [2.75, 3.05) is 6.54 Å². The van der Waals surface area contributed by atoms with Gasteiger partial charge in [0.25, 0.3) is 0 Å². The summed E-state index contributed by atoms with van der Waals surface area (Å²) in [4.78, 5) is 4.52. The predicted molar refractivity (Wildman–Crippen MR) is 70.8 cm³/mol. The molecule has 0 spiro atoms. The molecular weight excluding hydrogens is 250 g/mol. The highest BCUT2D eigenvalue weighted by Crippen LogP contribution is 2.04. The van der Waals surface area contributed by atoms with Crippen molar-refractivity contribution in [2.45, 2.75) is 20.3 Å². The molecule has 0 fully saturated rings. The molecule has 0 radical (unpaired) electrons. The lowest BCUT2D eigenvalue weighted by Gasteiger charge is -1.99. The van der Waals surface area contributed by atoms with Gasteiger partial charge in [0.1, 0.15) is 0 Å².